The second kappa shape index (κ2) is 5.69. The fourth-order valence-corrected chi connectivity index (χ4v) is 1.63. The van der Waals surface area contributed by atoms with Crippen molar-refractivity contribution in [2.75, 3.05) is 12.4 Å². The van der Waals surface area contributed by atoms with E-state index in [2.05, 4.69) is 15.3 Å². The number of anilines is 1. The number of aryl methyl sites for hydroxylation is 1. The van der Waals surface area contributed by atoms with Gasteiger partial charge in [0.05, 0.1) is 0 Å². The second-order valence-corrected chi connectivity index (χ2v) is 4.24. The van der Waals surface area contributed by atoms with Gasteiger partial charge < -0.3 is 10.1 Å². The lowest BCUT2D eigenvalue weighted by Gasteiger charge is -2.07. The summed E-state index contributed by atoms with van der Waals surface area (Å²) in [5.74, 6) is 2.18. The van der Waals surface area contributed by atoms with E-state index in [0.29, 0.717) is 17.5 Å². The van der Waals surface area contributed by atoms with Crippen LogP contribution in [0.2, 0.25) is 5.02 Å². The highest BCUT2D eigenvalue weighted by molar-refractivity contribution is 6.30. The summed E-state index contributed by atoms with van der Waals surface area (Å²) >= 11 is 5.80. The number of rotatable bonds is 4. The average Bonchev–Trinajstić information content (AvgIpc) is 2.37. The Bertz CT molecular complexity index is 528. The molecule has 1 N–H and O–H groups in total. The van der Waals surface area contributed by atoms with E-state index in [0.717, 1.165) is 17.3 Å². The van der Waals surface area contributed by atoms with Crippen LogP contribution in [0.4, 0.5) is 5.82 Å². The van der Waals surface area contributed by atoms with Crippen LogP contribution in [0.5, 0.6) is 5.75 Å². The van der Waals surface area contributed by atoms with Crippen LogP contribution in [0.25, 0.3) is 0 Å². The SMILES string of the molecule is CNc1cc(C)nc(COc2ccc(Cl)cc2)n1. The van der Waals surface area contributed by atoms with Gasteiger partial charge in [-0.05, 0) is 31.2 Å². The summed E-state index contributed by atoms with van der Waals surface area (Å²) < 4.78 is 5.59. The van der Waals surface area contributed by atoms with E-state index in [-0.39, 0.29) is 0 Å². The van der Waals surface area contributed by atoms with E-state index in [1.807, 2.05) is 32.2 Å². The van der Waals surface area contributed by atoms with Gasteiger partial charge in [0.1, 0.15) is 18.2 Å². The number of hydrogen-bond donors (Lipinski definition) is 1. The number of halogens is 1. The third-order valence-electron chi connectivity index (χ3n) is 2.34. The number of benzene rings is 1. The Morgan fingerprint density at radius 2 is 1.94 bits per heavy atom. The first-order chi connectivity index (χ1) is 8.67. The Labute approximate surface area is 111 Å². The summed E-state index contributed by atoms with van der Waals surface area (Å²) in [5.41, 5.74) is 0.907. The minimum absolute atomic E-state index is 0.331. The standard InChI is InChI=1S/C13H14ClN3O/c1-9-7-12(15-2)17-13(16-9)8-18-11-5-3-10(14)4-6-11/h3-7H,8H2,1-2H3,(H,15,16,17). The van der Waals surface area contributed by atoms with Gasteiger partial charge in [0, 0.05) is 23.8 Å². The lowest BCUT2D eigenvalue weighted by Crippen LogP contribution is -2.05. The second-order valence-electron chi connectivity index (χ2n) is 3.80. The summed E-state index contributed by atoms with van der Waals surface area (Å²) in [6.45, 7) is 2.26. The van der Waals surface area contributed by atoms with Crippen molar-refractivity contribution in [3.05, 3.63) is 46.9 Å². The van der Waals surface area contributed by atoms with Gasteiger partial charge in [-0.1, -0.05) is 11.6 Å². The first-order valence-electron chi connectivity index (χ1n) is 5.58. The molecular formula is C13H14ClN3O. The summed E-state index contributed by atoms with van der Waals surface area (Å²) in [5, 5.41) is 3.68. The first kappa shape index (κ1) is 12.6. The van der Waals surface area contributed by atoms with Gasteiger partial charge in [-0.3, -0.25) is 0 Å². The molecule has 0 unspecified atom stereocenters. The fourth-order valence-electron chi connectivity index (χ4n) is 1.50. The van der Waals surface area contributed by atoms with Crippen LogP contribution >= 0.6 is 11.6 Å². The molecule has 0 fully saturated rings. The van der Waals surface area contributed by atoms with Crippen LogP contribution in [0.3, 0.4) is 0 Å². The van der Waals surface area contributed by atoms with Crippen LogP contribution in [0.15, 0.2) is 30.3 Å². The molecule has 0 radical (unpaired) electrons. The van der Waals surface area contributed by atoms with Crippen LogP contribution in [0.1, 0.15) is 11.5 Å². The Morgan fingerprint density at radius 3 is 2.61 bits per heavy atom. The van der Waals surface area contributed by atoms with Gasteiger partial charge in [0.25, 0.3) is 0 Å². The maximum atomic E-state index is 5.80. The van der Waals surface area contributed by atoms with Crippen molar-refractivity contribution in [2.24, 2.45) is 0 Å². The molecule has 0 amide bonds. The van der Waals surface area contributed by atoms with E-state index >= 15 is 0 Å². The third-order valence-corrected chi connectivity index (χ3v) is 2.59. The Morgan fingerprint density at radius 1 is 1.22 bits per heavy atom. The molecule has 0 bridgehead atoms. The number of ether oxygens (including phenoxy) is 1. The molecule has 0 saturated carbocycles. The minimum atomic E-state index is 0.331. The molecule has 0 atom stereocenters. The van der Waals surface area contributed by atoms with Gasteiger partial charge in [0.2, 0.25) is 0 Å². The smallest absolute Gasteiger partial charge is 0.168 e. The molecule has 1 aromatic heterocycles. The summed E-state index contributed by atoms with van der Waals surface area (Å²) in [6.07, 6.45) is 0. The Kier molecular flexibility index (Phi) is 3.99. The third kappa shape index (κ3) is 3.34. The van der Waals surface area contributed by atoms with E-state index in [9.17, 15) is 0 Å². The molecule has 4 nitrogen and oxygen atoms in total. The van der Waals surface area contributed by atoms with Crippen molar-refractivity contribution in [1.82, 2.24) is 9.97 Å². The topological polar surface area (TPSA) is 47.0 Å². The minimum Gasteiger partial charge on any atom is -0.486 e. The Balaban J connectivity index is 2.05. The number of nitrogens with zero attached hydrogens (tertiary/aromatic N) is 2. The van der Waals surface area contributed by atoms with Crippen LogP contribution in [-0.4, -0.2) is 17.0 Å². The van der Waals surface area contributed by atoms with Gasteiger partial charge in [-0.15, -0.1) is 0 Å². The highest BCUT2D eigenvalue weighted by atomic mass is 35.5. The molecule has 2 rings (SSSR count). The zero-order valence-electron chi connectivity index (χ0n) is 10.3. The molecule has 0 aliphatic heterocycles. The lowest BCUT2D eigenvalue weighted by atomic mass is 10.3. The van der Waals surface area contributed by atoms with Gasteiger partial charge in [0.15, 0.2) is 5.82 Å². The summed E-state index contributed by atoms with van der Waals surface area (Å²) in [6, 6.07) is 9.08. The largest absolute Gasteiger partial charge is 0.486 e. The number of aromatic nitrogens is 2. The first-order valence-corrected chi connectivity index (χ1v) is 5.96. The van der Waals surface area contributed by atoms with Crippen LogP contribution in [0, 0.1) is 6.92 Å². The van der Waals surface area contributed by atoms with E-state index in [4.69, 9.17) is 16.3 Å². The summed E-state index contributed by atoms with van der Waals surface area (Å²) in [7, 11) is 1.83. The molecule has 2 aromatic rings. The van der Waals surface area contributed by atoms with E-state index < -0.39 is 0 Å². The van der Waals surface area contributed by atoms with Crippen molar-refractivity contribution in [1.29, 1.82) is 0 Å². The van der Waals surface area contributed by atoms with E-state index in [1.165, 1.54) is 0 Å². The fraction of sp³-hybridized carbons (Fsp3) is 0.231. The van der Waals surface area contributed by atoms with Crippen LogP contribution in [-0.2, 0) is 6.61 Å². The van der Waals surface area contributed by atoms with Crippen molar-refractivity contribution in [2.45, 2.75) is 13.5 Å². The zero-order chi connectivity index (χ0) is 13.0. The van der Waals surface area contributed by atoms with Crippen molar-refractivity contribution < 1.29 is 4.74 Å². The van der Waals surface area contributed by atoms with Gasteiger partial charge in [-0.25, -0.2) is 9.97 Å². The molecular weight excluding hydrogens is 250 g/mol. The lowest BCUT2D eigenvalue weighted by molar-refractivity contribution is 0.295. The monoisotopic (exact) mass is 263 g/mol. The quantitative estimate of drug-likeness (QED) is 0.921. The highest BCUT2D eigenvalue weighted by Crippen LogP contribution is 2.16. The molecule has 1 heterocycles. The zero-order valence-corrected chi connectivity index (χ0v) is 11.0. The predicted molar refractivity (Wildman–Crippen MR) is 72.1 cm³/mol. The van der Waals surface area contributed by atoms with E-state index in [1.54, 1.807) is 12.1 Å². The molecule has 0 aliphatic carbocycles. The highest BCUT2D eigenvalue weighted by Gasteiger charge is 2.02. The molecule has 0 saturated heterocycles. The van der Waals surface area contributed by atoms with Crippen molar-refractivity contribution in [3.8, 4) is 5.75 Å². The molecule has 0 spiro atoms. The number of nitrogens with one attached hydrogen (secondary N) is 1. The molecule has 0 aliphatic rings. The molecule has 1 aromatic carbocycles. The maximum absolute atomic E-state index is 5.80. The van der Waals surface area contributed by atoms with Gasteiger partial charge >= 0.3 is 0 Å². The molecule has 94 valence electrons. The molecule has 18 heavy (non-hydrogen) atoms. The summed E-state index contributed by atoms with van der Waals surface area (Å²) in [4.78, 5) is 8.62. The average molecular weight is 264 g/mol. The molecule has 5 heteroatoms. The Hall–Kier alpha value is -1.81. The van der Waals surface area contributed by atoms with Crippen LogP contribution < -0.4 is 10.1 Å². The van der Waals surface area contributed by atoms with Crippen molar-refractivity contribution >= 4 is 17.4 Å². The normalized spacial score (nSPS) is 10.2. The van der Waals surface area contributed by atoms with Gasteiger partial charge in [-0.2, -0.15) is 0 Å². The number of hydrogen-bond acceptors (Lipinski definition) is 4. The van der Waals surface area contributed by atoms with Crippen molar-refractivity contribution in [3.63, 3.8) is 0 Å². The predicted octanol–water partition coefficient (Wildman–Crippen LogP) is 3.06. The maximum Gasteiger partial charge on any atom is 0.168 e.